The molecule has 106 valence electrons. The molecule has 0 saturated heterocycles. The van der Waals surface area contributed by atoms with Crippen LogP contribution < -0.4 is 9.47 Å². The minimum atomic E-state index is -1.04. The number of rotatable bonds is 4. The second kappa shape index (κ2) is 6.29. The van der Waals surface area contributed by atoms with Crippen LogP contribution in [-0.2, 0) is 0 Å². The number of hydrogen-bond donors (Lipinski definition) is 1. The topological polar surface area (TPSA) is 79.6 Å². The number of nitrogens with zero attached hydrogens (tertiary/aromatic N) is 1. The first-order chi connectivity index (χ1) is 10.0. The normalized spacial score (nSPS) is 9.76. The fourth-order valence-corrected chi connectivity index (χ4v) is 2.12. The molecule has 2 aromatic carbocycles. The lowest BCUT2D eigenvalue weighted by molar-refractivity contribution is 0.0696. The molecule has 1 N–H and O–H groups in total. The molecular weight excluding hydrogens is 338 g/mol. The third-order valence-electron chi connectivity index (χ3n) is 2.69. The predicted octanol–water partition coefficient (Wildman–Crippen LogP) is 3.82. The standard InChI is InChI=1S/C15H10BrNO4/c1-20-14-7-10(15(18)19)3-5-13(14)21-12-4-2-9(8-17)6-11(12)16/h2-7H,1H3,(H,18,19). The molecule has 0 fully saturated rings. The van der Waals surface area contributed by atoms with Crippen molar-refractivity contribution in [1.29, 1.82) is 5.26 Å². The summed E-state index contributed by atoms with van der Waals surface area (Å²) in [6, 6.07) is 11.3. The van der Waals surface area contributed by atoms with Crippen molar-refractivity contribution in [3.8, 4) is 23.3 Å². The number of aromatic carboxylic acids is 1. The maximum absolute atomic E-state index is 10.9. The molecule has 0 bridgehead atoms. The molecule has 0 spiro atoms. The third kappa shape index (κ3) is 3.33. The number of hydrogen-bond acceptors (Lipinski definition) is 4. The molecule has 0 atom stereocenters. The minimum Gasteiger partial charge on any atom is -0.493 e. The van der Waals surface area contributed by atoms with Crippen LogP contribution in [0.25, 0.3) is 0 Å². The Morgan fingerprint density at radius 2 is 1.90 bits per heavy atom. The Morgan fingerprint density at radius 1 is 1.19 bits per heavy atom. The van der Waals surface area contributed by atoms with Crippen molar-refractivity contribution < 1.29 is 19.4 Å². The molecule has 0 aliphatic heterocycles. The maximum atomic E-state index is 10.9. The molecule has 0 unspecified atom stereocenters. The third-order valence-corrected chi connectivity index (χ3v) is 3.31. The number of carboxylic acid groups (broad SMARTS) is 1. The Bertz CT molecular complexity index is 737. The zero-order valence-electron chi connectivity index (χ0n) is 11.0. The summed E-state index contributed by atoms with van der Waals surface area (Å²) < 4.78 is 11.4. The van der Waals surface area contributed by atoms with Gasteiger partial charge in [-0.2, -0.15) is 5.26 Å². The highest BCUT2D eigenvalue weighted by molar-refractivity contribution is 9.10. The van der Waals surface area contributed by atoms with Crippen LogP contribution in [-0.4, -0.2) is 18.2 Å². The van der Waals surface area contributed by atoms with Gasteiger partial charge in [0.15, 0.2) is 11.5 Å². The summed E-state index contributed by atoms with van der Waals surface area (Å²) in [4.78, 5) is 10.9. The summed E-state index contributed by atoms with van der Waals surface area (Å²) in [5.74, 6) is 0.147. The second-order valence-corrected chi connectivity index (χ2v) is 4.88. The van der Waals surface area contributed by atoms with Crippen molar-refractivity contribution in [3.63, 3.8) is 0 Å². The molecule has 21 heavy (non-hydrogen) atoms. The average molecular weight is 348 g/mol. The summed E-state index contributed by atoms with van der Waals surface area (Å²) >= 11 is 3.32. The van der Waals surface area contributed by atoms with E-state index in [4.69, 9.17) is 19.8 Å². The molecule has 0 radical (unpaired) electrons. The highest BCUT2D eigenvalue weighted by Gasteiger charge is 2.12. The van der Waals surface area contributed by atoms with E-state index in [-0.39, 0.29) is 5.56 Å². The summed E-state index contributed by atoms with van der Waals surface area (Å²) in [6.45, 7) is 0. The van der Waals surface area contributed by atoms with E-state index in [9.17, 15) is 4.79 Å². The minimum absolute atomic E-state index is 0.109. The maximum Gasteiger partial charge on any atom is 0.335 e. The number of benzene rings is 2. The number of ether oxygens (including phenoxy) is 2. The molecular formula is C15H10BrNO4. The number of carbonyl (C=O) groups is 1. The highest BCUT2D eigenvalue weighted by Crippen LogP contribution is 2.36. The summed E-state index contributed by atoms with van der Waals surface area (Å²) in [5, 5.41) is 17.8. The van der Waals surface area contributed by atoms with Crippen LogP contribution >= 0.6 is 15.9 Å². The molecule has 0 aliphatic rings. The summed E-state index contributed by atoms with van der Waals surface area (Å²) in [6.07, 6.45) is 0. The average Bonchev–Trinajstić information content (AvgIpc) is 2.49. The first-order valence-electron chi connectivity index (χ1n) is 5.84. The zero-order chi connectivity index (χ0) is 15.4. The first-order valence-corrected chi connectivity index (χ1v) is 6.63. The first kappa shape index (κ1) is 14.9. The van der Waals surface area contributed by atoms with E-state index < -0.39 is 5.97 Å². The molecule has 0 saturated carbocycles. The van der Waals surface area contributed by atoms with Crippen molar-refractivity contribution >= 4 is 21.9 Å². The van der Waals surface area contributed by atoms with Crippen molar-refractivity contribution in [2.45, 2.75) is 0 Å². The van der Waals surface area contributed by atoms with Gasteiger partial charge in [-0.15, -0.1) is 0 Å². The number of methoxy groups -OCH3 is 1. The Kier molecular flexibility index (Phi) is 4.45. The van der Waals surface area contributed by atoms with Gasteiger partial charge in [0.2, 0.25) is 0 Å². The van der Waals surface area contributed by atoms with Crippen molar-refractivity contribution in [3.05, 3.63) is 52.0 Å². The van der Waals surface area contributed by atoms with Crippen molar-refractivity contribution in [1.82, 2.24) is 0 Å². The Balaban J connectivity index is 2.35. The molecule has 6 heteroatoms. The van der Waals surface area contributed by atoms with Crippen LogP contribution in [0.4, 0.5) is 0 Å². The van der Waals surface area contributed by atoms with Gasteiger partial charge >= 0.3 is 5.97 Å². The van der Waals surface area contributed by atoms with Crippen molar-refractivity contribution in [2.24, 2.45) is 0 Å². The number of halogens is 1. The van der Waals surface area contributed by atoms with E-state index in [0.29, 0.717) is 27.3 Å². The lowest BCUT2D eigenvalue weighted by Crippen LogP contribution is -1.98. The van der Waals surface area contributed by atoms with E-state index in [1.807, 2.05) is 6.07 Å². The van der Waals surface area contributed by atoms with Crippen LogP contribution in [0, 0.1) is 11.3 Å². The number of carboxylic acids is 1. The van der Waals surface area contributed by atoms with Gasteiger partial charge in [0.05, 0.1) is 28.8 Å². The quantitative estimate of drug-likeness (QED) is 0.909. The van der Waals surface area contributed by atoms with Gasteiger partial charge in [0.25, 0.3) is 0 Å². The second-order valence-electron chi connectivity index (χ2n) is 4.03. The van der Waals surface area contributed by atoms with Crippen LogP contribution in [0.1, 0.15) is 15.9 Å². The predicted molar refractivity (Wildman–Crippen MR) is 78.9 cm³/mol. The van der Waals surface area contributed by atoms with E-state index in [1.165, 1.54) is 25.3 Å². The van der Waals surface area contributed by atoms with E-state index >= 15 is 0 Å². The smallest absolute Gasteiger partial charge is 0.335 e. The largest absolute Gasteiger partial charge is 0.493 e. The zero-order valence-corrected chi connectivity index (χ0v) is 12.5. The molecule has 5 nitrogen and oxygen atoms in total. The van der Waals surface area contributed by atoms with E-state index in [1.54, 1.807) is 18.2 Å². The van der Waals surface area contributed by atoms with Gasteiger partial charge in [-0.25, -0.2) is 4.79 Å². The van der Waals surface area contributed by atoms with Crippen molar-refractivity contribution in [2.75, 3.05) is 7.11 Å². The lowest BCUT2D eigenvalue weighted by Gasteiger charge is -2.12. The molecule has 2 rings (SSSR count). The monoisotopic (exact) mass is 347 g/mol. The molecule has 0 amide bonds. The fourth-order valence-electron chi connectivity index (χ4n) is 1.66. The Labute approximate surface area is 129 Å². The highest BCUT2D eigenvalue weighted by atomic mass is 79.9. The van der Waals surface area contributed by atoms with Gasteiger partial charge in [-0.3, -0.25) is 0 Å². The van der Waals surface area contributed by atoms with Gasteiger partial charge in [0.1, 0.15) is 5.75 Å². The van der Waals surface area contributed by atoms with Crippen LogP contribution in [0.15, 0.2) is 40.9 Å². The van der Waals surface area contributed by atoms with Gasteiger partial charge in [0, 0.05) is 0 Å². The van der Waals surface area contributed by atoms with E-state index in [2.05, 4.69) is 15.9 Å². The molecule has 2 aromatic rings. The van der Waals surface area contributed by atoms with Gasteiger partial charge in [-0.1, -0.05) is 0 Å². The Morgan fingerprint density at radius 3 is 2.48 bits per heavy atom. The molecule has 0 heterocycles. The molecule has 0 aromatic heterocycles. The van der Waals surface area contributed by atoms with Crippen LogP contribution in [0.2, 0.25) is 0 Å². The number of nitriles is 1. The fraction of sp³-hybridized carbons (Fsp3) is 0.0667. The van der Waals surface area contributed by atoms with Crippen LogP contribution in [0.5, 0.6) is 17.2 Å². The molecule has 0 aliphatic carbocycles. The van der Waals surface area contributed by atoms with Crippen LogP contribution in [0.3, 0.4) is 0 Å². The lowest BCUT2D eigenvalue weighted by atomic mass is 10.2. The SMILES string of the molecule is COc1cc(C(=O)O)ccc1Oc1ccc(C#N)cc1Br. The summed E-state index contributed by atoms with van der Waals surface area (Å²) in [5.41, 5.74) is 0.612. The summed E-state index contributed by atoms with van der Waals surface area (Å²) in [7, 11) is 1.43. The van der Waals surface area contributed by atoms with Gasteiger partial charge in [-0.05, 0) is 52.3 Å². The Hall–Kier alpha value is -2.52. The van der Waals surface area contributed by atoms with Gasteiger partial charge < -0.3 is 14.6 Å². The van der Waals surface area contributed by atoms with E-state index in [0.717, 1.165) is 0 Å².